The Morgan fingerprint density at radius 2 is 1.28 bits per heavy atom. The molecule has 140 valence electrons. The predicted octanol–water partition coefficient (Wildman–Crippen LogP) is 7.02. The van der Waals surface area contributed by atoms with Gasteiger partial charge in [-0.25, -0.2) is 0 Å². The Labute approximate surface area is 156 Å². The van der Waals surface area contributed by atoms with Crippen LogP contribution in [0.4, 0.5) is 0 Å². The minimum atomic E-state index is -1.73. The normalized spacial score (nSPS) is 13.8. The van der Waals surface area contributed by atoms with Crippen LogP contribution in [0.3, 0.4) is 0 Å². The van der Waals surface area contributed by atoms with E-state index >= 15 is 0 Å². The average molecular weight is 377 g/mol. The smallest absolute Gasteiger partial charge is 0.250 e. The second-order valence-electron chi connectivity index (χ2n) is 7.26. The Morgan fingerprint density at radius 1 is 0.760 bits per heavy atom. The molecular formula is C21H36O2Si2. The van der Waals surface area contributed by atoms with E-state index in [9.17, 15) is 0 Å². The van der Waals surface area contributed by atoms with Gasteiger partial charge in [-0.1, -0.05) is 59.8 Å². The van der Waals surface area contributed by atoms with Gasteiger partial charge in [0.15, 0.2) is 0 Å². The zero-order valence-electron chi connectivity index (χ0n) is 17.1. The Bertz CT molecular complexity index is 586. The predicted molar refractivity (Wildman–Crippen MR) is 115 cm³/mol. The molecule has 0 aromatic heterocycles. The summed E-state index contributed by atoms with van der Waals surface area (Å²) in [7, 11) is -3.44. The highest BCUT2D eigenvalue weighted by atomic mass is 28.4. The first-order chi connectivity index (χ1) is 12.0. The van der Waals surface area contributed by atoms with Gasteiger partial charge < -0.3 is 8.85 Å². The van der Waals surface area contributed by atoms with Gasteiger partial charge in [0, 0.05) is 5.56 Å². The highest BCUT2D eigenvalue weighted by Gasteiger charge is 2.36. The summed E-state index contributed by atoms with van der Waals surface area (Å²) in [4.78, 5) is 0. The molecule has 0 N–H and O–H groups in total. The molecule has 0 amide bonds. The minimum absolute atomic E-state index is 0.975. The van der Waals surface area contributed by atoms with Crippen LogP contribution in [0, 0.1) is 0 Å². The van der Waals surface area contributed by atoms with Gasteiger partial charge in [0.25, 0.3) is 16.6 Å². The van der Waals surface area contributed by atoms with Gasteiger partial charge in [-0.15, -0.1) is 0 Å². The van der Waals surface area contributed by atoms with Gasteiger partial charge in [0.05, 0.1) is 0 Å². The molecule has 1 aliphatic rings. The van der Waals surface area contributed by atoms with E-state index in [0.717, 1.165) is 54.2 Å². The summed E-state index contributed by atoms with van der Waals surface area (Å²) in [6, 6.07) is 11.4. The number of hydrogen-bond acceptors (Lipinski definition) is 2. The molecule has 0 unspecified atom stereocenters. The molecule has 0 atom stereocenters. The van der Waals surface area contributed by atoms with Crippen LogP contribution in [0.15, 0.2) is 18.2 Å². The maximum Gasteiger partial charge on any atom is 0.250 e. The van der Waals surface area contributed by atoms with Gasteiger partial charge >= 0.3 is 0 Å². The van der Waals surface area contributed by atoms with Crippen LogP contribution in [0.1, 0.15) is 52.7 Å². The van der Waals surface area contributed by atoms with Gasteiger partial charge in [-0.3, -0.25) is 0 Å². The van der Waals surface area contributed by atoms with Crippen LogP contribution in [-0.4, -0.2) is 16.6 Å². The van der Waals surface area contributed by atoms with Crippen molar-refractivity contribution in [2.24, 2.45) is 0 Å². The number of fused-ring (bicyclic) bond motifs is 1. The van der Waals surface area contributed by atoms with Crippen LogP contribution in [0.2, 0.25) is 36.3 Å². The Balaban J connectivity index is 2.48. The molecule has 1 aromatic carbocycles. The number of hydrogen-bond donors (Lipinski definition) is 0. The summed E-state index contributed by atoms with van der Waals surface area (Å²) in [5.74, 6) is 2.10. The molecule has 1 aromatic rings. The van der Waals surface area contributed by atoms with Gasteiger partial charge in [-0.05, 0) is 54.3 Å². The van der Waals surface area contributed by atoms with E-state index in [1.807, 2.05) is 0 Å². The average Bonchev–Trinajstić information content (AvgIpc) is 3.14. The number of allylic oxidation sites excluding steroid dienone is 1. The lowest BCUT2D eigenvalue weighted by Gasteiger charge is -2.34. The van der Waals surface area contributed by atoms with Crippen molar-refractivity contribution >= 4 is 22.7 Å². The molecule has 2 rings (SSSR count). The topological polar surface area (TPSA) is 18.5 Å². The van der Waals surface area contributed by atoms with Crippen molar-refractivity contribution in [3.8, 4) is 11.5 Å². The van der Waals surface area contributed by atoms with E-state index < -0.39 is 16.6 Å². The molecule has 0 aliphatic heterocycles. The lowest BCUT2D eigenvalue weighted by Crippen LogP contribution is -2.41. The largest absolute Gasteiger partial charge is 0.541 e. The number of benzene rings is 1. The first-order valence-electron chi connectivity index (χ1n) is 10.2. The van der Waals surface area contributed by atoms with E-state index in [2.05, 4.69) is 65.8 Å². The highest BCUT2D eigenvalue weighted by Crippen LogP contribution is 2.42. The Kier molecular flexibility index (Phi) is 6.97. The van der Waals surface area contributed by atoms with E-state index in [1.165, 1.54) is 11.1 Å². The third-order valence-electron chi connectivity index (χ3n) is 6.39. The summed E-state index contributed by atoms with van der Waals surface area (Å²) in [6.45, 7) is 13.8. The van der Waals surface area contributed by atoms with Crippen LogP contribution in [-0.2, 0) is 6.42 Å². The molecule has 0 heterocycles. The van der Waals surface area contributed by atoms with Gasteiger partial charge in [0.1, 0.15) is 11.5 Å². The molecule has 0 bridgehead atoms. The fourth-order valence-electron chi connectivity index (χ4n) is 3.87. The summed E-state index contributed by atoms with van der Waals surface area (Å²) >= 11 is 0. The Hall–Kier alpha value is -1.01. The van der Waals surface area contributed by atoms with Crippen molar-refractivity contribution in [1.29, 1.82) is 0 Å². The van der Waals surface area contributed by atoms with E-state index in [1.54, 1.807) is 0 Å². The molecule has 0 spiro atoms. The standard InChI is InChI=1S/C21H36O2Si2/c1-7-24(8-2,9-3)22-20-17-16-18-14-13-15-19(18)21(20)23-25(10-4,11-5)12-6/h13-14,16-17H,7-12,15H2,1-6H3. The summed E-state index contributed by atoms with van der Waals surface area (Å²) in [5.41, 5.74) is 2.65. The van der Waals surface area contributed by atoms with Crippen molar-refractivity contribution in [1.82, 2.24) is 0 Å². The van der Waals surface area contributed by atoms with Crippen LogP contribution in [0.5, 0.6) is 11.5 Å². The third-order valence-corrected chi connectivity index (χ3v) is 15.4. The maximum atomic E-state index is 6.90. The summed E-state index contributed by atoms with van der Waals surface area (Å²) in [5, 5.41) is 0. The molecule has 4 heteroatoms. The molecule has 0 saturated carbocycles. The minimum Gasteiger partial charge on any atom is -0.541 e. The molecule has 0 fully saturated rings. The molecule has 0 radical (unpaired) electrons. The maximum absolute atomic E-state index is 6.90. The zero-order valence-corrected chi connectivity index (χ0v) is 19.1. The molecule has 0 saturated heterocycles. The second-order valence-corrected chi connectivity index (χ2v) is 16.6. The Morgan fingerprint density at radius 3 is 1.80 bits per heavy atom. The summed E-state index contributed by atoms with van der Waals surface area (Å²) < 4.78 is 13.7. The van der Waals surface area contributed by atoms with Crippen molar-refractivity contribution < 1.29 is 8.85 Å². The van der Waals surface area contributed by atoms with Crippen molar-refractivity contribution in [3.05, 3.63) is 29.3 Å². The van der Waals surface area contributed by atoms with Gasteiger partial charge in [0.2, 0.25) is 0 Å². The second kappa shape index (κ2) is 8.59. The molecule has 2 nitrogen and oxygen atoms in total. The molecule has 25 heavy (non-hydrogen) atoms. The lowest BCUT2D eigenvalue weighted by molar-refractivity contribution is 0.465. The van der Waals surface area contributed by atoms with Crippen LogP contribution in [0.25, 0.3) is 6.08 Å². The van der Waals surface area contributed by atoms with Crippen molar-refractivity contribution in [2.45, 2.75) is 84.2 Å². The van der Waals surface area contributed by atoms with Crippen molar-refractivity contribution in [2.75, 3.05) is 0 Å². The molecule has 1 aliphatic carbocycles. The van der Waals surface area contributed by atoms with E-state index in [0.29, 0.717) is 0 Å². The molecular weight excluding hydrogens is 340 g/mol. The number of rotatable bonds is 10. The van der Waals surface area contributed by atoms with Crippen LogP contribution < -0.4 is 8.85 Å². The fourth-order valence-corrected chi connectivity index (χ4v) is 9.02. The first kappa shape index (κ1) is 20.3. The van der Waals surface area contributed by atoms with E-state index in [4.69, 9.17) is 8.85 Å². The highest BCUT2D eigenvalue weighted by molar-refractivity contribution is 6.75. The monoisotopic (exact) mass is 376 g/mol. The summed E-state index contributed by atoms with van der Waals surface area (Å²) in [6.07, 6.45) is 5.45. The SMILES string of the molecule is CC[Si](CC)(CC)Oc1ccc2c(c1O[Si](CC)(CC)CC)CC=C2. The van der Waals surface area contributed by atoms with Crippen LogP contribution >= 0.6 is 0 Å². The van der Waals surface area contributed by atoms with Crippen molar-refractivity contribution in [3.63, 3.8) is 0 Å². The fraction of sp³-hybridized carbons (Fsp3) is 0.619. The van der Waals surface area contributed by atoms with Gasteiger partial charge in [-0.2, -0.15) is 0 Å². The quantitative estimate of drug-likeness (QED) is 0.408. The first-order valence-corrected chi connectivity index (χ1v) is 15.3. The lowest BCUT2D eigenvalue weighted by atomic mass is 10.1. The zero-order chi connectivity index (χ0) is 18.5. The third kappa shape index (κ3) is 4.05. The van der Waals surface area contributed by atoms with E-state index in [-0.39, 0.29) is 0 Å².